The minimum atomic E-state index is -1.10. The number of hydrogen-bond acceptors (Lipinski definition) is 3. The molecule has 0 spiro atoms. The lowest BCUT2D eigenvalue weighted by molar-refractivity contribution is 0.0688. The number of rotatable bonds is 2. The molecule has 0 bridgehead atoms. The van der Waals surface area contributed by atoms with Gasteiger partial charge in [-0.15, -0.1) is 0 Å². The molecule has 3 rings (SSSR count). The number of aromatic nitrogens is 4. The molecule has 6 nitrogen and oxygen atoms in total. The summed E-state index contributed by atoms with van der Waals surface area (Å²) in [4.78, 5) is 18.9. The lowest BCUT2D eigenvalue weighted by atomic mass is 10.2. The van der Waals surface area contributed by atoms with Crippen molar-refractivity contribution in [2.75, 3.05) is 0 Å². The molecule has 7 heteroatoms. The Morgan fingerprint density at radius 3 is 2.72 bits per heavy atom. The predicted octanol–water partition coefficient (Wildman–Crippen LogP) is 1.56. The zero-order chi connectivity index (χ0) is 12.7. The fraction of sp³-hybridized carbons (Fsp3) is 0. The molecule has 0 saturated carbocycles. The van der Waals surface area contributed by atoms with E-state index in [1.165, 1.54) is 22.8 Å². The molecule has 0 unspecified atom stereocenters. The van der Waals surface area contributed by atoms with Crippen LogP contribution in [0.15, 0.2) is 30.5 Å². The first-order chi connectivity index (χ1) is 8.65. The van der Waals surface area contributed by atoms with Crippen LogP contribution in [-0.4, -0.2) is 30.7 Å². The Bertz CT molecular complexity index is 729. The summed E-state index contributed by atoms with van der Waals surface area (Å²) in [6, 6.07) is 5.71. The van der Waals surface area contributed by atoms with E-state index in [9.17, 15) is 9.18 Å². The van der Waals surface area contributed by atoms with Gasteiger partial charge in [0.15, 0.2) is 11.5 Å². The molecule has 2 N–H and O–H groups in total. The third-order valence-corrected chi connectivity index (χ3v) is 2.51. The van der Waals surface area contributed by atoms with E-state index >= 15 is 0 Å². The molecule has 2 aromatic heterocycles. The van der Waals surface area contributed by atoms with Gasteiger partial charge in [0.05, 0.1) is 6.20 Å². The van der Waals surface area contributed by atoms with Crippen LogP contribution in [0.4, 0.5) is 4.39 Å². The van der Waals surface area contributed by atoms with Crippen molar-refractivity contribution in [1.82, 2.24) is 19.6 Å². The predicted molar refractivity (Wildman–Crippen MR) is 59.7 cm³/mol. The maximum atomic E-state index is 12.8. The number of halogens is 1. The van der Waals surface area contributed by atoms with Gasteiger partial charge in [-0.05, 0) is 24.3 Å². The molecule has 18 heavy (non-hydrogen) atoms. The number of carboxylic acids is 1. The highest BCUT2D eigenvalue weighted by atomic mass is 19.1. The number of imidazole rings is 1. The molecule has 3 aromatic rings. The summed E-state index contributed by atoms with van der Waals surface area (Å²) in [7, 11) is 0. The van der Waals surface area contributed by atoms with E-state index in [1.54, 1.807) is 12.1 Å². The van der Waals surface area contributed by atoms with Crippen molar-refractivity contribution in [3.8, 4) is 11.4 Å². The van der Waals surface area contributed by atoms with E-state index in [1.807, 2.05) is 0 Å². The van der Waals surface area contributed by atoms with Gasteiger partial charge in [-0.3, -0.25) is 5.10 Å². The van der Waals surface area contributed by atoms with Crippen LogP contribution in [0, 0.1) is 5.82 Å². The van der Waals surface area contributed by atoms with Gasteiger partial charge in [0.25, 0.3) is 5.78 Å². The van der Waals surface area contributed by atoms with Crippen molar-refractivity contribution in [3.63, 3.8) is 0 Å². The minimum Gasteiger partial charge on any atom is -0.476 e. The van der Waals surface area contributed by atoms with Crippen molar-refractivity contribution in [2.45, 2.75) is 0 Å². The Hall–Kier alpha value is -2.70. The number of carbonyl (C=O) groups is 1. The second kappa shape index (κ2) is 3.66. The van der Waals surface area contributed by atoms with Crippen LogP contribution >= 0.6 is 0 Å². The van der Waals surface area contributed by atoms with Crippen LogP contribution in [-0.2, 0) is 0 Å². The number of fused-ring (bicyclic) bond motifs is 1. The average Bonchev–Trinajstić information content (AvgIpc) is 2.88. The van der Waals surface area contributed by atoms with Crippen LogP contribution in [0.2, 0.25) is 0 Å². The summed E-state index contributed by atoms with van der Waals surface area (Å²) in [5.74, 6) is -0.759. The fourth-order valence-corrected chi connectivity index (χ4v) is 1.65. The molecule has 0 aliphatic rings. The van der Waals surface area contributed by atoms with Crippen molar-refractivity contribution >= 4 is 11.7 Å². The van der Waals surface area contributed by atoms with Gasteiger partial charge < -0.3 is 5.11 Å². The highest BCUT2D eigenvalue weighted by molar-refractivity contribution is 5.86. The Labute approximate surface area is 99.7 Å². The normalized spacial score (nSPS) is 10.9. The van der Waals surface area contributed by atoms with E-state index in [0.29, 0.717) is 11.4 Å². The summed E-state index contributed by atoms with van der Waals surface area (Å²) in [6.45, 7) is 0. The zero-order valence-electron chi connectivity index (χ0n) is 8.96. The number of nitrogens with one attached hydrogen (secondary N) is 1. The lowest BCUT2D eigenvalue weighted by Gasteiger charge is -1.95. The third kappa shape index (κ3) is 1.53. The molecule has 2 heterocycles. The molecule has 1 aromatic carbocycles. The molecule has 0 saturated heterocycles. The smallest absolute Gasteiger partial charge is 0.356 e. The first kappa shape index (κ1) is 10.5. The molecule has 90 valence electrons. The summed E-state index contributed by atoms with van der Waals surface area (Å²) >= 11 is 0. The van der Waals surface area contributed by atoms with Gasteiger partial charge in [-0.2, -0.15) is 4.98 Å². The Balaban J connectivity index is 2.13. The summed E-state index contributed by atoms with van der Waals surface area (Å²) in [6.07, 6.45) is 1.22. The molecule has 0 radical (unpaired) electrons. The highest BCUT2D eigenvalue weighted by Crippen LogP contribution is 2.17. The average molecular weight is 246 g/mol. The minimum absolute atomic E-state index is 0.00846. The van der Waals surface area contributed by atoms with Gasteiger partial charge in [0.1, 0.15) is 5.82 Å². The molecule has 0 atom stereocenters. The maximum absolute atomic E-state index is 12.8. The summed E-state index contributed by atoms with van der Waals surface area (Å²) < 4.78 is 14.1. The number of benzene rings is 1. The first-order valence-corrected chi connectivity index (χ1v) is 5.08. The quantitative estimate of drug-likeness (QED) is 0.718. The van der Waals surface area contributed by atoms with Gasteiger partial charge in [0.2, 0.25) is 0 Å². The van der Waals surface area contributed by atoms with Crippen LogP contribution < -0.4 is 0 Å². The van der Waals surface area contributed by atoms with E-state index < -0.39 is 5.97 Å². The zero-order valence-corrected chi connectivity index (χ0v) is 8.96. The first-order valence-electron chi connectivity index (χ1n) is 5.08. The second-order valence-corrected chi connectivity index (χ2v) is 3.66. The number of aromatic amines is 1. The molecule has 0 aliphatic heterocycles. The Kier molecular flexibility index (Phi) is 2.12. The summed E-state index contributed by atoms with van der Waals surface area (Å²) in [5.41, 5.74) is 0.643. The summed E-state index contributed by atoms with van der Waals surface area (Å²) in [5, 5.41) is 11.7. The van der Waals surface area contributed by atoms with Crippen LogP contribution in [0.3, 0.4) is 0 Å². The fourth-order valence-electron chi connectivity index (χ4n) is 1.65. The molecule has 0 aliphatic carbocycles. The van der Waals surface area contributed by atoms with Crippen molar-refractivity contribution in [3.05, 3.63) is 42.0 Å². The van der Waals surface area contributed by atoms with E-state index in [2.05, 4.69) is 15.1 Å². The largest absolute Gasteiger partial charge is 0.476 e. The number of H-pyrrole nitrogens is 1. The topological polar surface area (TPSA) is 83.3 Å². The lowest BCUT2D eigenvalue weighted by Crippen LogP contribution is -2.01. The maximum Gasteiger partial charge on any atom is 0.356 e. The van der Waals surface area contributed by atoms with Gasteiger partial charge >= 0.3 is 5.97 Å². The van der Waals surface area contributed by atoms with Crippen molar-refractivity contribution < 1.29 is 14.3 Å². The van der Waals surface area contributed by atoms with Gasteiger partial charge in [-0.1, -0.05) is 0 Å². The highest BCUT2D eigenvalue weighted by Gasteiger charge is 2.14. The SMILES string of the molecule is O=C(O)c1cnc2nc(-c3ccc(F)cc3)[nH]n12. The monoisotopic (exact) mass is 246 g/mol. The van der Waals surface area contributed by atoms with Crippen LogP contribution in [0.1, 0.15) is 10.5 Å². The van der Waals surface area contributed by atoms with Crippen molar-refractivity contribution in [2.24, 2.45) is 0 Å². The van der Waals surface area contributed by atoms with Gasteiger partial charge in [0, 0.05) is 5.56 Å². The molecule has 0 amide bonds. The van der Waals surface area contributed by atoms with E-state index in [4.69, 9.17) is 5.11 Å². The number of aromatic carboxylic acids is 1. The third-order valence-electron chi connectivity index (χ3n) is 2.51. The number of carboxylic acid groups (broad SMARTS) is 1. The molecule has 0 fully saturated rings. The number of nitrogens with zero attached hydrogens (tertiary/aromatic N) is 3. The van der Waals surface area contributed by atoms with Crippen molar-refractivity contribution in [1.29, 1.82) is 0 Å². The van der Waals surface area contributed by atoms with Crippen LogP contribution in [0.5, 0.6) is 0 Å². The van der Waals surface area contributed by atoms with Crippen LogP contribution in [0.25, 0.3) is 17.2 Å². The Morgan fingerprint density at radius 1 is 1.33 bits per heavy atom. The van der Waals surface area contributed by atoms with E-state index in [-0.39, 0.29) is 17.3 Å². The van der Waals surface area contributed by atoms with Gasteiger partial charge in [-0.25, -0.2) is 18.7 Å². The Morgan fingerprint density at radius 2 is 2.06 bits per heavy atom. The second-order valence-electron chi connectivity index (χ2n) is 3.66. The molecular formula is C11H7FN4O2. The standard InChI is InChI=1S/C11H7FN4O2/c12-7-3-1-6(2-4-7)9-14-11-13-5-8(10(17)18)16(11)15-9/h1-5H,(H,17,18)(H,13,14,15). The number of hydrogen-bond donors (Lipinski definition) is 2. The van der Waals surface area contributed by atoms with E-state index in [0.717, 1.165) is 0 Å². The molecular weight excluding hydrogens is 239 g/mol.